The first-order valence-electron chi connectivity index (χ1n) is 6.37. The van der Waals surface area contributed by atoms with E-state index in [-0.39, 0.29) is 12.0 Å². The summed E-state index contributed by atoms with van der Waals surface area (Å²) in [4.78, 5) is 11.2. The van der Waals surface area contributed by atoms with E-state index in [0.29, 0.717) is 6.61 Å². The average Bonchev–Trinajstić information content (AvgIpc) is 2.76. The van der Waals surface area contributed by atoms with Crippen molar-refractivity contribution in [2.75, 3.05) is 13.2 Å². The van der Waals surface area contributed by atoms with E-state index in [2.05, 4.69) is 19.3 Å². The van der Waals surface area contributed by atoms with E-state index in [1.165, 1.54) is 6.42 Å². The van der Waals surface area contributed by atoms with E-state index in [0.717, 1.165) is 31.8 Å². The number of nitrogens with two attached hydrogens (primary N) is 1. The summed E-state index contributed by atoms with van der Waals surface area (Å²) in [5.74, 6) is 5.53. The van der Waals surface area contributed by atoms with Crippen LogP contribution < -0.4 is 11.3 Å². The van der Waals surface area contributed by atoms with Crippen LogP contribution >= 0.6 is 0 Å². The molecule has 0 spiro atoms. The van der Waals surface area contributed by atoms with E-state index in [9.17, 15) is 4.79 Å². The van der Waals surface area contributed by atoms with Crippen molar-refractivity contribution in [1.29, 1.82) is 0 Å². The third-order valence-electron chi connectivity index (χ3n) is 2.92. The molecule has 1 aliphatic heterocycles. The second kappa shape index (κ2) is 7.63. The summed E-state index contributed by atoms with van der Waals surface area (Å²) >= 11 is 0. The second-order valence-electron chi connectivity index (χ2n) is 4.94. The Morgan fingerprint density at radius 1 is 1.53 bits per heavy atom. The van der Waals surface area contributed by atoms with Gasteiger partial charge in [-0.15, -0.1) is 0 Å². The number of carbonyl (C=O) groups is 1. The van der Waals surface area contributed by atoms with Crippen LogP contribution in [0, 0.1) is 5.92 Å². The SMILES string of the molecule is CC(C)CCCOCC1CCC(C(=O)NN)O1. The zero-order valence-corrected chi connectivity index (χ0v) is 10.8. The molecule has 1 saturated heterocycles. The highest BCUT2D eigenvalue weighted by atomic mass is 16.5. The number of hydrogen-bond acceptors (Lipinski definition) is 4. The Hall–Kier alpha value is -0.650. The molecule has 1 rings (SSSR count). The first kappa shape index (κ1) is 14.4. The molecule has 0 radical (unpaired) electrons. The van der Waals surface area contributed by atoms with Gasteiger partial charge in [-0.25, -0.2) is 5.84 Å². The fourth-order valence-corrected chi connectivity index (χ4v) is 1.92. The number of ether oxygens (including phenoxy) is 2. The lowest BCUT2D eigenvalue weighted by atomic mass is 10.1. The molecule has 0 aromatic carbocycles. The lowest BCUT2D eigenvalue weighted by molar-refractivity contribution is -0.133. The Bertz CT molecular complexity index is 234. The predicted octanol–water partition coefficient (Wildman–Crippen LogP) is 0.977. The van der Waals surface area contributed by atoms with Crippen molar-refractivity contribution in [3.63, 3.8) is 0 Å². The lowest BCUT2D eigenvalue weighted by Gasteiger charge is -2.13. The van der Waals surface area contributed by atoms with Gasteiger partial charge in [0, 0.05) is 6.61 Å². The average molecular weight is 244 g/mol. The van der Waals surface area contributed by atoms with Gasteiger partial charge in [0.25, 0.3) is 5.91 Å². The van der Waals surface area contributed by atoms with E-state index < -0.39 is 6.10 Å². The molecule has 2 unspecified atom stereocenters. The van der Waals surface area contributed by atoms with Crippen LogP contribution in [0.25, 0.3) is 0 Å². The minimum absolute atomic E-state index is 0.0383. The van der Waals surface area contributed by atoms with Crippen molar-refractivity contribution >= 4 is 5.91 Å². The van der Waals surface area contributed by atoms with Gasteiger partial charge >= 0.3 is 0 Å². The molecule has 0 saturated carbocycles. The molecule has 2 atom stereocenters. The standard InChI is InChI=1S/C12H24N2O3/c1-9(2)4-3-7-16-8-10-5-6-11(17-10)12(15)14-13/h9-11H,3-8,13H2,1-2H3,(H,14,15). The predicted molar refractivity (Wildman–Crippen MR) is 65.1 cm³/mol. The molecule has 100 valence electrons. The Labute approximate surface area is 103 Å². The Kier molecular flexibility index (Phi) is 6.47. The molecule has 1 amide bonds. The van der Waals surface area contributed by atoms with Crippen molar-refractivity contribution in [2.24, 2.45) is 11.8 Å². The summed E-state index contributed by atoms with van der Waals surface area (Å²) in [7, 11) is 0. The van der Waals surface area contributed by atoms with Gasteiger partial charge in [0.05, 0.1) is 12.7 Å². The highest BCUT2D eigenvalue weighted by Gasteiger charge is 2.30. The van der Waals surface area contributed by atoms with Gasteiger partial charge in [0.15, 0.2) is 0 Å². The zero-order valence-electron chi connectivity index (χ0n) is 10.8. The molecule has 0 bridgehead atoms. The number of hydrogen-bond donors (Lipinski definition) is 2. The van der Waals surface area contributed by atoms with Gasteiger partial charge < -0.3 is 9.47 Å². The van der Waals surface area contributed by atoms with Crippen LogP contribution in [0.4, 0.5) is 0 Å². The fourth-order valence-electron chi connectivity index (χ4n) is 1.92. The largest absolute Gasteiger partial charge is 0.379 e. The van der Waals surface area contributed by atoms with Gasteiger partial charge in [0.1, 0.15) is 6.10 Å². The molecule has 5 nitrogen and oxygen atoms in total. The maximum atomic E-state index is 11.2. The van der Waals surface area contributed by atoms with Crippen LogP contribution in [0.15, 0.2) is 0 Å². The van der Waals surface area contributed by atoms with Gasteiger partial charge in [-0.2, -0.15) is 0 Å². The van der Waals surface area contributed by atoms with Crippen LogP contribution in [0.3, 0.4) is 0 Å². The van der Waals surface area contributed by atoms with E-state index in [4.69, 9.17) is 15.3 Å². The molecule has 1 heterocycles. The quantitative estimate of drug-likeness (QED) is 0.303. The molecule has 5 heteroatoms. The normalized spacial score (nSPS) is 24.2. The van der Waals surface area contributed by atoms with Crippen LogP contribution in [0.2, 0.25) is 0 Å². The van der Waals surface area contributed by atoms with Crippen LogP contribution in [-0.4, -0.2) is 31.3 Å². The van der Waals surface area contributed by atoms with E-state index >= 15 is 0 Å². The molecule has 1 fully saturated rings. The molecule has 0 aromatic rings. The maximum absolute atomic E-state index is 11.2. The number of nitrogens with one attached hydrogen (secondary N) is 1. The summed E-state index contributed by atoms with van der Waals surface area (Å²) in [5.41, 5.74) is 2.11. The summed E-state index contributed by atoms with van der Waals surface area (Å²) in [6.45, 7) is 5.75. The number of rotatable bonds is 7. The van der Waals surface area contributed by atoms with Gasteiger partial charge in [-0.1, -0.05) is 13.8 Å². The highest BCUT2D eigenvalue weighted by molar-refractivity contribution is 5.80. The number of hydrazine groups is 1. The number of carbonyl (C=O) groups excluding carboxylic acids is 1. The molecule has 0 aliphatic carbocycles. The molecular weight excluding hydrogens is 220 g/mol. The Balaban J connectivity index is 2.04. The zero-order chi connectivity index (χ0) is 12.7. The Morgan fingerprint density at radius 2 is 2.29 bits per heavy atom. The van der Waals surface area contributed by atoms with Crippen molar-refractivity contribution in [3.05, 3.63) is 0 Å². The van der Waals surface area contributed by atoms with E-state index in [1.807, 2.05) is 0 Å². The van der Waals surface area contributed by atoms with Crippen molar-refractivity contribution in [1.82, 2.24) is 5.43 Å². The van der Waals surface area contributed by atoms with Crippen molar-refractivity contribution in [3.8, 4) is 0 Å². The van der Waals surface area contributed by atoms with Crippen molar-refractivity contribution < 1.29 is 14.3 Å². The lowest BCUT2D eigenvalue weighted by Crippen LogP contribution is -2.39. The fraction of sp³-hybridized carbons (Fsp3) is 0.917. The third-order valence-corrected chi connectivity index (χ3v) is 2.92. The molecule has 3 N–H and O–H groups in total. The van der Waals surface area contributed by atoms with Crippen LogP contribution in [0.1, 0.15) is 39.5 Å². The molecule has 0 aromatic heterocycles. The number of amides is 1. The summed E-state index contributed by atoms with van der Waals surface area (Å²) in [5, 5.41) is 0. The van der Waals surface area contributed by atoms with E-state index in [1.54, 1.807) is 0 Å². The first-order valence-corrected chi connectivity index (χ1v) is 6.37. The van der Waals surface area contributed by atoms with Gasteiger partial charge in [-0.05, 0) is 31.6 Å². The second-order valence-corrected chi connectivity index (χ2v) is 4.94. The summed E-state index contributed by atoms with van der Waals surface area (Å²) in [6, 6.07) is 0. The van der Waals surface area contributed by atoms with Crippen LogP contribution in [0.5, 0.6) is 0 Å². The topological polar surface area (TPSA) is 73.6 Å². The maximum Gasteiger partial charge on any atom is 0.263 e. The molecule has 1 aliphatic rings. The molecular formula is C12H24N2O3. The molecule has 17 heavy (non-hydrogen) atoms. The first-order chi connectivity index (χ1) is 8.13. The van der Waals surface area contributed by atoms with Crippen molar-refractivity contribution in [2.45, 2.75) is 51.7 Å². The Morgan fingerprint density at radius 3 is 2.94 bits per heavy atom. The summed E-state index contributed by atoms with van der Waals surface area (Å²) in [6.07, 6.45) is 3.49. The third kappa shape index (κ3) is 5.48. The van der Waals surface area contributed by atoms with Gasteiger partial charge in [-0.3, -0.25) is 10.2 Å². The monoisotopic (exact) mass is 244 g/mol. The summed E-state index contributed by atoms with van der Waals surface area (Å²) < 4.78 is 11.1. The van der Waals surface area contributed by atoms with Crippen LogP contribution in [-0.2, 0) is 14.3 Å². The minimum Gasteiger partial charge on any atom is -0.379 e. The smallest absolute Gasteiger partial charge is 0.263 e. The minimum atomic E-state index is -0.399. The van der Waals surface area contributed by atoms with Gasteiger partial charge in [0.2, 0.25) is 0 Å². The highest BCUT2D eigenvalue weighted by Crippen LogP contribution is 2.20.